The van der Waals surface area contributed by atoms with Crippen molar-refractivity contribution in [1.82, 2.24) is 4.98 Å². The molecular weight excluding hydrogens is 390 g/mol. The molecule has 0 saturated heterocycles. The summed E-state index contributed by atoms with van der Waals surface area (Å²) in [6, 6.07) is 6.40. The molecule has 1 aromatic carbocycles. The van der Waals surface area contributed by atoms with Crippen LogP contribution in [-0.2, 0) is 16.1 Å². The molecule has 0 amide bonds. The fourth-order valence-corrected chi connectivity index (χ4v) is 3.06. The molecule has 1 heterocycles. The minimum Gasteiger partial charge on any atom is -0.503 e. The second kappa shape index (κ2) is 8.38. The molecule has 1 N–H and O–H groups in total. The fourth-order valence-electron chi connectivity index (χ4n) is 2.19. The number of aryl methyl sites for hydroxylation is 1. The van der Waals surface area contributed by atoms with Crippen molar-refractivity contribution in [3.63, 3.8) is 0 Å². The van der Waals surface area contributed by atoms with Crippen LogP contribution < -0.4 is 4.74 Å². The Kier molecular flexibility index (Phi) is 6.42. The van der Waals surface area contributed by atoms with Crippen LogP contribution in [0.1, 0.15) is 27.2 Å². The van der Waals surface area contributed by atoms with Crippen LogP contribution in [0.2, 0.25) is 0 Å². The highest BCUT2D eigenvalue weighted by Gasteiger charge is 2.43. The summed E-state index contributed by atoms with van der Waals surface area (Å²) in [5, 5.41) is 8.56. The molecule has 10 heteroatoms. The molecule has 0 spiro atoms. The molecule has 1 unspecified atom stereocenters. The van der Waals surface area contributed by atoms with Crippen LogP contribution in [0.5, 0.6) is 5.88 Å². The standard InChI is InChI=1S/C17H15F4NO4S/c1-9-14(22-15(27-9)13(18)17(19,20)21)26-7-10-5-3-4-6-11(10)12(8-25-2)16(23)24/h3-6,8,13H,7H2,1-2H3,(H,23,24)/b12-8+. The first-order chi connectivity index (χ1) is 12.6. The zero-order chi connectivity index (χ0) is 20.2. The van der Waals surface area contributed by atoms with Crippen molar-refractivity contribution in [3.8, 4) is 5.88 Å². The molecule has 27 heavy (non-hydrogen) atoms. The van der Waals surface area contributed by atoms with Crippen LogP contribution in [0, 0.1) is 6.92 Å². The van der Waals surface area contributed by atoms with Gasteiger partial charge in [0.15, 0.2) is 0 Å². The molecule has 0 saturated carbocycles. The maximum atomic E-state index is 13.4. The lowest BCUT2D eigenvalue weighted by molar-refractivity contribution is -0.182. The van der Waals surface area contributed by atoms with Crippen LogP contribution in [0.15, 0.2) is 30.5 Å². The van der Waals surface area contributed by atoms with E-state index in [1.807, 2.05) is 0 Å². The Morgan fingerprint density at radius 2 is 2.04 bits per heavy atom. The number of methoxy groups -OCH3 is 1. The van der Waals surface area contributed by atoms with E-state index in [1.54, 1.807) is 18.2 Å². The topological polar surface area (TPSA) is 68.7 Å². The molecule has 0 radical (unpaired) electrons. The summed E-state index contributed by atoms with van der Waals surface area (Å²) in [4.78, 5) is 15.3. The predicted octanol–water partition coefficient (Wildman–Crippen LogP) is 4.68. The molecule has 2 rings (SSSR count). The van der Waals surface area contributed by atoms with Gasteiger partial charge in [-0.1, -0.05) is 24.3 Å². The molecule has 2 aromatic rings. The molecule has 1 atom stereocenters. The number of ether oxygens (including phenoxy) is 2. The van der Waals surface area contributed by atoms with E-state index in [9.17, 15) is 27.5 Å². The zero-order valence-electron chi connectivity index (χ0n) is 14.2. The smallest absolute Gasteiger partial charge is 0.426 e. The van der Waals surface area contributed by atoms with E-state index in [2.05, 4.69) is 4.98 Å². The van der Waals surface area contributed by atoms with Crippen molar-refractivity contribution < 1.29 is 36.9 Å². The number of benzene rings is 1. The predicted molar refractivity (Wildman–Crippen MR) is 90.2 cm³/mol. The van der Waals surface area contributed by atoms with Crippen molar-refractivity contribution >= 4 is 22.9 Å². The zero-order valence-corrected chi connectivity index (χ0v) is 15.0. The summed E-state index contributed by atoms with van der Waals surface area (Å²) in [7, 11) is 1.30. The Morgan fingerprint density at radius 1 is 1.37 bits per heavy atom. The number of hydrogen-bond acceptors (Lipinski definition) is 5. The van der Waals surface area contributed by atoms with Crippen molar-refractivity contribution in [3.05, 3.63) is 51.5 Å². The van der Waals surface area contributed by atoms with Crippen molar-refractivity contribution in [1.29, 1.82) is 0 Å². The van der Waals surface area contributed by atoms with Crippen LogP contribution in [0.25, 0.3) is 5.57 Å². The number of carboxylic acid groups (broad SMARTS) is 1. The molecule has 1 aromatic heterocycles. The minimum absolute atomic E-state index is 0.117. The summed E-state index contributed by atoms with van der Waals surface area (Å²) in [6.45, 7) is 1.29. The normalized spacial score (nSPS) is 13.3. The van der Waals surface area contributed by atoms with E-state index < -0.39 is 23.3 Å². The molecule has 0 fully saturated rings. The largest absolute Gasteiger partial charge is 0.503 e. The molecule has 0 bridgehead atoms. The lowest BCUT2D eigenvalue weighted by atomic mass is 10.0. The Hall–Kier alpha value is -2.62. The molecule has 146 valence electrons. The van der Waals surface area contributed by atoms with Gasteiger partial charge in [0.2, 0.25) is 12.1 Å². The van der Waals surface area contributed by atoms with E-state index in [0.717, 1.165) is 6.26 Å². The maximum Gasteiger partial charge on any atom is 0.426 e. The second-order valence-corrected chi connectivity index (χ2v) is 6.57. The molecular formula is C17H15F4NO4S. The van der Waals surface area contributed by atoms with E-state index >= 15 is 0 Å². The van der Waals surface area contributed by atoms with Crippen LogP contribution in [0.3, 0.4) is 0 Å². The average molecular weight is 405 g/mol. The maximum absolute atomic E-state index is 13.4. The number of carboxylic acids is 1. The van der Waals surface area contributed by atoms with E-state index in [4.69, 9.17) is 9.47 Å². The summed E-state index contributed by atoms with van der Waals surface area (Å²) < 4.78 is 61.1. The third-order valence-electron chi connectivity index (χ3n) is 3.41. The summed E-state index contributed by atoms with van der Waals surface area (Å²) in [5.41, 5.74) is 0.650. The van der Waals surface area contributed by atoms with E-state index in [1.165, 1.54) is 20.1 Å². The number of alkyl halides is 4. The third kappa shape index (κ3) is 4.97. The number of rotatable bonds is 7. The number of carbonyl (C=O) groups is 1. The van der Waals surface area contributed by atoms with Gasteiger partial charge in [-0.25, -0.2) is 14.2 Å². The minimum atomic E-state index is -5.05. The molecule has 0 aliphatic heterocycles. The van der Waals surface area contributed by atoms with Gasteiger partial charge in [0.05, 0.1) is 18.2 Å². The molecule has 0 aliphatic rings. The summed E-state index contributed by atoms with van der Waals surface area (Å²) in [5.74, 6) is -1.36. The first-order valence-corrected chi connectivity index (χ1v) is 8.32. The molecule has 5 nitrogen and oxygen atoms in total. The number of halogens is 4. The van der Waals surface area contributed by atoms with Crippen LogP contribution in [0.4, 0.5) is 17.6 Å². The van der Waals surface area contributed by atoms with Gasteiger partial charge in [-0.3, -0.25) is 0 Å². The quantitative estimate of drug-likeness (QED) is 0.412. The first kappa shape index (κ1) is 20.7. The number of nitrogens with zero attached hydrogens (tertiary/aromatic N) is 1. The SMILES string of the molecule is CO/C=C(/C(=O)O)c1ccccc1COc1nc(C(F)C(F)(F)F)sc1C. The highest BCUT2D eigenvalue weighted by atomic mass is 32.1. The van der Waals surface area contributed by atoms with Gasteiger partial charge >= 0.3 is 12.1 Å². The van der Waals surface area contributed by atoms with Gasteiger partial charge in [0.1, 0.15) is 17.2 Å². The highest BCUT2D eigenvalue weighted by Crippen LogP contribution is 2.40. The molecule has 0 aliphatic carbocycles. The average Bonchev–Trinajstić information content (AvgIpc) is 2.97. The number of thiazole rings is 1. The van der Waals surface area contributed by atoms with Crippen molar-refractivity contribution in [2.75, 3.05) is 7.11 Å². The van der Waals surface area contributed by atoms with Crippen LogP contribution >= 0.6 is 11.3 Å². The lowest BCUT2D eigenvalue weighted by Gasteiger charge is -2.11. The van der Waals surface area contributed by atoms with Gasteiger partial charge in [-0.05, 0) is 18.1 Å². The summed E-state index contributed by atoms with van der Waals surface area (Å²) >= 11 is 0.551. The Morgan fingerprint density at radius 3 is 2.63 bits per heavy atom. The van der Waals surface area contributed by atoms with Crippen LogP contribution in [-0.4, -0.2) is 29.3 Å². The van der Waals surface area contributed by atoms with Gasteiger partial charge in [-0.2, -0.15) is 13.2 Å². The first-order valence-electron chi connectivity index (χ1n) is 7.50. The Labute approximate surface area is 155 Å². The van der Waals surface area contributed by atoms with Gasteiger partial charge in [-0.15, -0.1) is 11.3 Å². The lowest BCUT2D eigenvalue weighted by Crippen LogP contribution is -2.16. The van der Waals surface area contributed by atoms with Gasteiger partial charge < -0.3 is 14.6 Å². The fraction of sp³-hybridized carbons (Fsp3) is 0.294. The monoisotopic (exact) mass is 405 g/mol. The second-order valence-electron chi connectivity index (χ2n) is 5.34. The van der Waals surface area contributed by atoms with E-state index in [-0.39, 0.29) is 22.9 Å². The van der Waals surface area contributed by atoms with Gasteiger partial charge in [0.25, 0.3) is 0 Å². The number of aliphatic carboxylic acids is 1. The summed E-state index contributed by atoms with van der Waals surface area (Å²) in [6.07, 6.45) is -7.17. The Balaban J connectivity index is 2.25. The van der Waals surface area contributed by atoms with E-state index in [0.29, 0.717) is 22.5 Å². The number of hydrogen-bond donors (Lipinski definition) is 1. The number of aromatic nitrogens is 1. The highest BCUT2D eigenvalue weighted by molar-refractivity contribution is 7.11. The van der Waals surface area contributed by atoms with Crippen molar-refractivity contribution in [2.45, 2.75) is 25.9 Å². The van der Waals surface area contributed by atoms with Gasteiger partial charge in [0, 0.05) is 0 Å². The third-order valence-corrected chi connectivity index (χ3v) is 4.40. The van der Waals surface area contributed by atoms with Crippen molar-refractivity contribution in [2.24, 2.45) is 0 Å². The Bertz CT molecular complexity index is 848.